The number of carbonyl (C=O) groups excluding carboxylic acids is 1. The van der Waals surface area contributed by atoms with Gasteiger partial charge in [-0.25, -0.2) is 13.2 Å². The monoisotopic (exact) mass is 415 g/mol. The van der Waals surface area contributed by atoms with Gasteiger partial charge in [0.15, 0.2) is 0 Å². The second kappa shape index (κ2) is 7.96. The highest BCUT2D eigenvalue weighted by atomic mass is 35.5. The lowest BCUT2D eigenvalue weighted by Crippen LogP contribution is -2.28. The molecule has 0 spiro atoms. The first kappa shape index (κ1) is 19.2. The van der Waals surface area contributed by atoms with Gasteiger partial charge in [0.1, 0.15) is 22.1 Å². The summed E-state index contributed by atoms with van der Waals surface area (Å²) in [7, 11) is -2.17. The van der Waals surface area contributed by atoms with Crippen molar-refractivity contribution in [1.29, 1.82) is 0 Å². The zero-order valence-corrected chi connectivity index (χ0v) is 16.5. The third-order valence-electron chi connectivity index (χ3n) is 4.10. The van der Waals surface area contributed by atoms with Gasteiger partial charge in [0, 0.05) is 23.7 Å². The van der Waals surface area contributed by atoms with Gasteiger partial charge in [0.2, 0.25) is 10.0 Å². The smallest absolute Gasteiger partial charge is 0.350 e. The molecule has 1 fully saturated rings. The molecule has 2 aromatic rings. The van der Waals surface area contributed by atoms with Crippen LogP contribution in [-0.2, 0) is 21.4 Å². The Morgan fingerprint density at radius 1 is 1.27 bits per heavy atom. The normalized spacial score (nSPS) is 15.2. The molecule has 0 bridgehead atoms. The van der Waals surface area contributed by atoms with Crippen LogP contribution in [0.3, 0.4) is 0 Å². The van der Waals surface area contributed by atoms with Crippen molar-refractivity contribution >= 4 is 38.9 Å². The molecule has 1 aliphatic rings. The molecule has 0 atom stereocenters. The largest absolute Gasteiger partial charge is 0.496 e. The molecule has 140 valence electrons. The van der Waals surface area contributed by atoms with Gasteiger partial charge in [-0.05, 0) is 42.5 Å². The van der Waals surface area contributed by atoms with Gasteiger partial charge in [-0.15, -0.1) is 11.3 Å². The summed E-state index contributed by atoms with van der Waals surface area (Å²) in [4.78, 5) is 12.6. The molecular formula is C17H18ClNO5S2. The van der Waals surface area contributed by atoms with Crippen LogP contribution in [0, 0.1) is 0 Å². The number of ether oxygens (including phenoxy) is 2. The van der Waals surface area contributed by atoms with Crippen LogP contribution in [0.4, 0.5) is 0 Å². The van der Waals surface area contributed by atoms with E-state index in [1.165, 1.54) is 17.5 Å². The average Bonchev–Trinajstić information content (AvgIpc) is 3.31. The molecule has 0 aliphatic carbocycles. The number of rotatable bonds is 6. The van der Waals surface area contributed by atoms with Crippen molar-refractivity contribution in [2.75, 3.05) is 20.2 Å². The van der Waals surface area contributed by atoms with Crippen LogP contribution in [0.15, 0.2) is 34.5 Å². The van der Waals surface area contributed by atoms with Crippen molar-refractivity contribution < 1.29 is 22.7 Å². The number of sulfonamides is 1. The molecule has 0 unspecified atom stereocenters. The topological polar surface area (TPSA) is 72.9 Å². The van der Waals surface area contributed by atoms with Crippen LogP contribution < -0.4 is 4.74 Å². The van der Waals surface area contributed by atoms with E-state index in [-0.39, 0.29) is 16.4 Å². The first-order valence-corrected chi connectivity index (χ1v) is 10.7. The highest BCUT2D eigenvalue weighted by Gasteiger charge is 2.32. The van der Waals surface area contributed by atoms with Crippen LogP contribution in [0.1, 0.15) is 28.1 Å². The lowest BCUT2D eigenvalue weighted by atomic mass is 10.2. The van der Waals surface area contributed by atoms with Crippen molar-refractivity contribution in [3.8, 4) is 5.75 Å². The molecule has 1 aliphatic heterocycles. The Morgan fingerprint density at radius 3 is 2.69 bits per heavy atom. The molecule has 1 saturated heterocycles. The Hall–Kier alpha value is -1.61. The zero-order chi connectivity index (χ0) is 18.7. The number of carbonyl (C=O) groups is 1. The van der Waals surface area contributed by atoms with Crippen LogP contribution in [0.2, 0.25) is 5.02 Å². The summed E-state index contributed by atoms with van der Waals surface area (Å²) in [5.41, 5.74) is 0.605. The number of hydrogen-bond donors (Lipinski definition) is 0. The minimum absolute atomic E-state index is 0.00691. The van der Waals surface area contributed by atoms with E-state index in [1.54, 1.807) is 23.6 Å². The Labute approximate surface area is 161 Å². The van der Waals surface area contributed by atoms with E-state index < -0.39 is 16.0 Å². The van der Waals surface area contributed by atoms with Crippen molar-refractivity contribution in [1.82, 2.24) is 4.31 Å². The highest BCUT2D eigenvalue weighted by molar-refractivity contribution is 7.89. The summed E-state index contributed by atoms with van der Waals surface area (Å²) in [5, 5.41) is 2.07. The van der Waals surface area contributed by atoms with Gasteiger partial charge < -0.3 is 9.47 Å². The van der Waals surface area contributed by atoms with Gasteiger partial charge in [-0.2, -0.15) is 4.31 Å². The summed E-state index contributed by atoms with van der Waals surface area (Å²) in [6.45, 7) is 0.891. The first-order chi connectivity index (χ1) is 12.4. The highest BCUT2D eigenvalue weighted by Crippen LogP contribution is 2.29. The number of methoxy groups -OCH3 is 1. The Kier molecular flexibility index (Phi) is 5.86. The maximum Gasteiger partial charge on any atom is 0.350 e. The van der Waals surface area contributed by atoms with Crippen molar-refractivity contribution in [3.05, 3.63) is 45.1 Å². The second-order valence-corrected chi connectivity index (χ2v) is 9.02. The number of halogens is 1. The van der Waals surface area contributed by atoms with Gasteiger partial charge in [-0.1, -0.05) is 11.6 Å². The van der Waals surface area contributed by atoms with Crippen molar-refractivity contribution in [3.63, 3.8) is 0 Å². The summed E-state index contributed by atoms with van der Waals surface area (Å²) in [5.74, 6) is -0.141. The molecule has 9 heteroatoms. The quantitative estimate of drug-likeness (QED) is 0.674. The van der Waals surface area contributed by atoms with Gasteiger partial charge in [-0.3, -0.25) is 0 Å². The van der Waals surface area contributed by atoms with E-state index in [0.29, 0.717) is 29.4 Å². The lowest BCUT2D eigenvalue weighted by Gasteiger charge is -2.15. The zero-order valence-electron chi connectivity index (χ0n) is 14.1. The minimum atomic E-state index is -3.68. The van der Waals surface area contributed by atoms with Crippen molar-refractivity contribution in [2.24, 2.45) is 0 Å². The molecule has 0 amide bonds. The maximum atomic E-state index is 12.7. The molecule has 3 rings (SSSR count). The molecule has 1 aromatic carbocycles. The van der Waals surface area contributed by atoms with Gasteiger partial charge >= 0.3 is 5.97 Å². The van der Waals surface area contributed by atoms with E-state index in [0.717, 1.165) is 24.2 Å². The van der Waals surface area contributed by atoms with Crippen LogP contribution in [0.5, 0.6) is 5.75 Å². The summed E-state index contributed by atoms with van der Waals surface area (Å²) in [6, 6.07) is 6.45. The van der Waals surface area contributed by atoms with Crippen LogP contribution in [0.25, 0.3) is 0 Å². The average molecular weight is 416 g/mol. The summed E-state index contributed by atoms with van der Waals surface area (Å²) in [6.07, 6.45) is 1.66. The number of thiophene rings is 1. The van der Waals surface area contributed by atoms with Crippen molar-refractivity contribution in [2.45, 2.75) is 24.3 Å². The lowest BCUT2D eigenvalue weighted by molar-refractivity contribution is 0.0471. The second-order valence-electron chi connectivity index (χ2n) is 5.76. The molecule has 0 saturated carbocycles. The number of esters is 1. The predicted molar refractivity (Wildman–Crippen MR) is 99.4 cm³/mol. The van der Waals surface area contributed by atoms with Gasteiger partial charge in [0.25, 0.3) is 0 Å². The molecule has 2 heterocycles. The predicted octanol–water partition coefficient (Wildman–Crippen LogP) is 3.55. The van der Waals surface area contributed by atoms with E-state index in [4.69, 9.17) is 21.1 Å². The molecule has 6 nitrogen and oxygen atoms in total. The third-order valence-corrected chi connectivity index (χ3v) is 7.30. The fourth-order valence-electron chi connectivity index (χ4n) is 2.79. The fourth-order valence-corrected chi connectivity index (χ4v) is 5.78. The molecule has 0 radical (unpaired) electrons. The third kappa shape index (κ3) is 3.88. The Bertz CT molecular complexity index is 904. The summed E-state index contributed by atoms with van der Waals surface area (Å²) < 4.78 is 37.4. The van der Waals surface area contributed by atoms with E-state index in [9.17, 15) is 13.2 Å². The Balaban J connectivity index is 1.78. The number of hydrogen-bond acceptors (Lipinski definition) is 6. The number of benzene rings is 1. The van der Waals surface area contributed by atoms with E-state index in [1.807, 2.05) is 0 Å². The maximum absolute atomic E-state index is 12.7. The first-order valence-electron chi connectivity index (χ1n) is 8.00. The molecule has 1 aromatic heterocycles. The number of nitrogens with zero attached hydrogens (tertiary/aromatic N) is 1. The molecular weight excluding hydrogens is 398 g/mol. The SMILES string of the molecule is COc1ccc(Cl)cc1COC(=O)c1sccc1S(=O)(=O)N1CCCC1. The fraction of sp³-hybridized carbons (Fsp3) is 0.353. The Morgan fingerprint density at radius 2 is 2.00 bits per heavy atom. The van der Waals surface area contributed by atoms with E-state index in [2.05, 4.69) is 0 Å². The summed E-state index contributed by atoms with van der Waals surface area (Å²) >= 11 is 7.02. The van der Waals surface area contributed by atoms with Crippen LogP contribution in [-0.4, -0.2) is 38.9 Å². The van der Waals surface area contributed by atoms with Crippen LogP contribution >= 0.6 is 22.9 Å². The van der Waals surface area contributed by atoms with Gasteiger partial charge in [0.05, 0.1) is 7.11 Å². The standard InChI is InChI=1S/C17H18ClNO5S2/c1-23-14-5-4-13(18)10-12(14)11-24-17(20)16-15(6-9-25-16)26(21,22)19-7-2-3-8-19/h4-6,9-10H,2-3,7-8,11H2,1H3. The van der Waals surface area contributed by atoms with E-state index >= 15 is 0 Å². The minimum Gasteiger partial charge on any atom is -0.496 e. The molecule has 26 heavy (non-hydrogen) atoms. The molecule has 0 N–H and O–H groups in total.